The van der Waals surface area contributed by atoms with Gasteiger partial charge in [-0.1, -0.05) is 5.16 Å². The fourth-order valence-electron chi connectivity index (χ4n) is 2.04. The molecule has 3 aromatic rings. The maximum atomic E-state index is 12.8. The van der Waals surface area contributed by atoms with E-state index in [1.165, 1.54) is 24.3 Å². The molecule has 0 amide bonds. The quantitative estimate of drug-likeness (QED) is 0.689. The van der Waals surface area contributed by atoms with Crippen molar-refractivity contribution in [3.8, 4) is 28.7 Å². The van der Waals surface area contributed by atoms with E-state index in [4.69, 9.17) is 18.7 Å². The molecule has 2 aromatic carbocycles. The van der Waals surface area contributed by atoms with Gasteiger partial charge in [-0.15, -0.1) is 0 Å². The van der Waals surface area contributed by atoms with Crippen molar-refractivity contribution >= 4 is 0 Å². The van der Waals surface area contributed by atoms with Crippen LogP contribution in [0.3, 0.4) is 0 Å². The number of nitrogens with zero attached hydrogens (tertiary/aromatic N) is 2. The molecular weight excluding hydrogens is 315 g/mol. The standard InChI is InChI=1S/C17H15FN2O4/c1-21-14-7-11(8-15(9-14)22-2)17-19-16(20-24-17)10-23-13-5-3-12(18)4-6-13/h3-9H,10H2,1-2H3. The minimum Gasteiger partial charge on any atom is -0.497 e. The van der Waals surface area contributed by atoms with E-state index in [9.17, 15) is 4.39 Å². The van der Waals surface area contributed by atoms with Crippen LogP contribution in [0.5, 0.6) is 17.2 Å². The van der Waals surface area contributed by atoms with Gasteiger partial charge in [0.1, 0.15) is 23.1 Å². The number of hydrogen-bond donors (Lipinski definition) is 0. The molecule has 0 aliphatic rings. The number of benzene rings is 2. The smallest absolute Gasteiger partial charge is 0.258 e. The lowest BCUT2D eigenvalue weighted by Crippen LogP contribution is -1.97. The van der Waals surface area contributed by atoms with Crippen molar-refractivity contribution in [2.24, 2.45) is 0 Å². The van der Waals surface area contributed by atoms with Crippen molar-refractivity contribution < 1.29 is 23.1 Å². The van der Waals surface area contributed by atoms with Crippen LogP contribution in [0.4, 0.5) is 4.39 Å². The topological polar surface area (TPSA) is 66.6 Å². The first-order valence-electron chi connectivity index (χ1n) is 7.12. The second kappa shape index (κ2) is 6.99. The minimum absolute atomic E-state index is 0.107. The van der Waals surface area contributed by atoms with Gasteiger partial charge in [0.15, 0.2) is 6.61 Å². The van der Waals surface area contributed by atoms with Crippen molar-refractivity contribution in [2.45, 2.75) is 6.61 Å². The number of ether oxygens (including phenoxy) is 3. The van der Waals surface area contributed by atoms with Crippen LogP contribution in [0.2, 0.25) is 0 Å². The van der Waals surface area contributed by atoms with E-state index in [2.05, 4.69) is 10.1 Å². The summed E-state index contributed by atoms with van der Waals surface area (Å²) in [7, 11) is 3.13. The summed E-state index contributed by atoms with van der Waals surface area (Å²) in [6.45, 7) is 0.107. The van der Waals surface area contributed by atoms with E-state index >= 15 is 0 Å². The molecule has 1 aromatic heterocycles. The van der Waals surface area contributed by atoms with Gasteiger partial charge in [-0.2, -0.15) is 4.98 Å². The lowest BCUT2D eigenvalue weighted by atomic mass is 10.2. The molecule has 0 aliphatic heterocycles. The Labute approximate surface area is 137 Å². The Kier molecular flexibility index (Phi) is 4.60. The Morgan fingerprint density at radius 2 is 1.62 bits per heavy atom. The number of rotatable bonds is 6. The molecule has 0 unspecified atom stereocenters. The lowest BCUT2D eigenvalue weighted by molar-refractivity contribution is 0.286. The summed E-state index contributed by atoms with van der Waals surface area (Å²) < 4.78 is 34.0. The molecule has 6 nitrogen and oxygen atoms in total. The molecular formula is C17H15FN2O4. The summed E-state index contributed by atoms with van der Waals surface area (Å²) >= 11 is 0. The van der Waals surface area contributed by atoms with Crippen LogP contribution >= 0.6 is 0 Å². The number of halogens is 1. The normalized spacial score (nSPS) is 10.5. The van der Waals surface area contributed by atoms with E-state index in [1.54, 1.807) is 32.4 Å². The Hall–Kier alpha value is -3.09. The predicted octanol–water partition coefficient (Wildman–Crippen LogP) is 3.47. The zero-order valence-corrected chi connectivity index (χ0v) is 13.2. The Morgan fingerprint density at radius 1 is 0.958 bits per heavy atom. The van der Waals surface area contributed by atoms with Crippen LogP contribution in [0.25, 0.3) is 11.5 Å². The fourth-order valence-corrected chi connectivity index (χ4v) is 2.04. The lowest BCUT2D eigenvalue weighted by Gasteiger charge is -2.05. The highest BCUT2D eigenvalue weighted by molar-refractivity contribution is 5.59. The zero-order chi connectivity index (χ0) is 16.9. The molecule has 0 N–H and O–H groups in total. The summed E-state index contributed by atoms with van der Waals surface area (Å²) in [5.41, 5.74) is 0.673. The molecule has 0 aliphatic carbocycles. The van der Waals surface area contributed by atoms with Crippen LogP contribution in [0.15, 0.2) is 47.0 Å². The highest BCUT2D eigenvalue weighted by Gasteiger charge is 2.12. The van der Waals surface area contributed by atoms with Gasteiger partial charge in [-0.05, 0) is 36.4 Å². The van der Waals surface area contributed by atoms with E-state index < -0.39 is 0 Å². The Bertz CT molecular complexity index is 795. The Morgan fingerprint density at radius 3 is 2.25 bits per heavy atom. The van der Waals surface area contributed by atoms with Crippen LogP contribution in [0, 0.1) is 5.82 Å². The van der Waals surface area contributed by atoms with Crippen LogP contribution in [-0.2, 0) is 6.61 Å². The zero-order valence-electron chi connectivity index (χ0n) is 13.2. The fraction of sp³-hybridized carbons (Fsp3) is 0.176. The molecule has 1 heterocycles. The van der Waals surface area contributed by atoms with Crippen molar-refractivity contribution in [1.82, 2.24) is 10.1 Å². The maximum absolute atomic E-state index is 12.8. The summed E-state index contributed by atoms with van der Waals surface area (Å²) in [6.07, 6.45) is 0. The summed E-state index contributed by atoms with van der Waals surface area (Å²) in [5, 5.41) is 3.87. The predicted molar refractivity (Wildman–Crippen MR) is 83.6 cm³/mol. The summed E-state index contributed by atoms with van der Waals surface area (Å²) in [4.78, 5) is 4.28. The summed E-state index contributed by atoms with van der Waals surface area (Å²) in [5.74, 6) is 2.13. The van der Waals surface area contributed by atoms with Crippen LogP contribution in [-0.4, -0.2) is 24.4 Å². The second-order valence-corrected chi connectivity index (χ2v) is 4.86. The number of methoxy groups -OCH3 is 2. The minimum atomic E-state index is -0.323. The largest absolute Gasteiger partial charge is 0.497 e. The van der Waals surface area contributed by atoms with E-state index in [-0.39, 0.29) is 12.4 Å². The van der Waals surface area contributed by atoms with Gasteiger partial charge in [0.2, 0.25) is 5.82 Å². The van der Waals surface area contributed by atoms with Crippen molar-refractivity contribution in [1.29, 1.82) is 0 Å². The second-order valence-electron chi connectivity index (χ2n) is 4.86. The number of aromatic nitrogens is 2. The van der Waals surface area contributed by atoms with Crippen LogP contribution in [0.1, 0.15) is 5.82 Å². The molecule has 7 heteroatoms. The van der Waals surface area contributed by atoms with E-state index in [0.29, 0.717) is 34.5 Å². The summed E-state index contributed by atoms with van der Waals surface area (Å²) in [6, 6.07) is 11.0. The average molecular weight is 330 g/mol. The molecule has 24 heavy (non-hydrogen) atoms. The van der Waals surface area contributed by atoms with Gasteiger partial charge < -0.3 is 18.7 Å². The van der Waals surface area contributed by atoms with Gasteiger partial charge in [-0.25, -0.2) is 4.39 Å². The molecule has 0 radical (unpaired) electrons. The third-order valence-corrected chi connectivity index (χ3v) is 3.25. The SMILES string of the molecule is COc1cc(OC)cc(-c2nc(COc3ccc(F)cc3)no2)c1. The average Bonchev–Trinajstić information content (AvgIpc) is 3.10. The monoisotopic (exact) mass is 330 g/mol. The molecule has 0 bridgehead atoms. The highest BCUT2D eigenvalue weighted by Crippen LogP contribution is 2.28. The van der Waals surface area contributed by atoms with Gasteiger partial charge >= 0.3 is 0 Å². The van der Waals surface area contributed by atoms with Gasteiger partial charge in [0, 0.05) is 11.6 Å². The first kappa shape index (κ1) is 15.8. The number of hydrogen-bond acceptors (Lipinski definition) is 6. The van der Waals surface area contributed by atoms with Gasteiger partial charge in [-0.3, -0.25) is 0 Å². The maximum Gasteiger partial charge on any atom is 0.258 e. The highest BCUT2D eigenvalue weighted by atomic mass is 19.1. The molecule has 0 spiro atoms. The van der Waals surface area contributed by atoms with Gasteiger partial charge in [0.05, 0.1) is 14.2 Å². The van der Waals surface area contributed by atoms with Crippen LogP contribution < -0.4 is 14.2 Å². The van der Waals surface area contributed by atoms with Crippen molar-refractivity contribution in [2.75, 3.05) is 14.2 Å². The van der Waals surface area contributed by atoms with Crippen molar-refractivity contribution in [3.63, 3.8) is 0 Å². The van der Waals surface area contributed by atoms with Crippen molar-refractivity contribution in [3.05, 3.63) is 54.1 Å². The first-order valence-corrected chi connectivity index (χ1v) is 7.12. The Balaban J connectivity index is 1.74. The first-order chi connectivity index (χ1) is 11.7. The third kappa shape index (κ3) is 3.62. The third-order valence-electron chi connectivity index (χ3n) is 3.25. The molecule has 0 fully saturated rings. The molecule has 3 rings (SSSR count). The van der Waals surface area contributed by atoms with E-state index in [1.807, 2.05) is 0 Å². The molecule has 124 valence electrons. The molecule has 0 atom stereocenters. The molecule has 0 saturated carbocycles. The van der Waals surface area contributed by atoms with E-state index in [0.717, 1.165) is 0 Å². The van der Waals surface area contributed by atoms with Gasteiger partial charge in [0.25, 0.3) is 5.89 Å². The molecule has 0 saturated heterocycles.